The van der Waals surface area contributed by atoms with E-state index < -0.39 is 0 Å². The Balaban J connectivity index is 0.00000156. The van der Waals surface area contributed by atoms with Crippen molar-refractivity contribution in [3.8, 4) is 0 Å². The van der Waals surface area contributed by atoms with Gasteiger partial charge in [-0.25, -0.2) is 0 Å². The molecule has 2 nitrogen and oxygen atoms in total. The summed E-state index contributed by atoms with van der Waals surface area (Å²) in [5, 5.41) is 3.67. The fourth-order valence-corrected chi connectivity index (χ4v) is 5.15. The van der Waals surface area contributed by atoms with Crippen LogP contribution in [0.15, 0.2) is 18.2 Å². The normalized spacial score (nSPS) is 26.1. The number of hydrogen-bond acceptors (Lipinski definition) is 2. The summed E-state index contributed by atoms with van der Waals surface area (Å²) in [5.41, 5.74) is 4.81. The van der Waals surface area contributed by atoms with Crippen LogP contribution in [-0.2, 0) is 5.41 Å². The Kier molecular flexibility index (Phi) is 3.68. The second kappa shape index (κ2) is 5.56. The van der Waals surface area contributed by atoms with Crippen LogP contribution in [0, 0.1) is 12.8 Å². The van der Waals surface area contributed by atoms with Crippen LogP contribution in [0.1, 0.15) is 58.0 Å². The summed E-state index contributed by atoms with van der Waals surface area (Å²) in [6.45, 7) is 8.43. The van der Waals surface area contributed by atoms with Crippen LogP contribution in [0.5, 0.6) is 0 Å². The first-order valence-electron chi connectivity index (χ1n) is 9.27. The molecule has 1 saturated carbocycles. The van der Waals surface area contributed by atoms with Gasteiger partial charge < -0.3 is 10.2 Å². The Morgan fingerprint density at radius 2 is 1.95 bits per heavy atom. The molecule has 1 spiro atoms. The molecule has 2 fully saturated rings. The molecule has 1 aromatic rings. The molecular formula is C20H32N2. The van der Waals surface area contributed by atoms with Crippen molar-refractivity contribution in [3.05, 3.63) is 29.3 Å². The molecule has 0 aromatic heterocycles. The molecule has 0 amide bonds. The van der Waals surface area contributed by atoms with Crippen molar-refractivity contribution in [2.75, 3.05) is 25.0 Å². The summed E-state index contributed by atoms with van der Waals surface area (Å²) < 4.78 is 0. The number of piperidine rings is 1. The van der Waals surface area contributed by atoms with E-state index in [1.54, 1.807) is 5.56 Å². The Bertz CT molecular complexity index is 543. The lowest BCUT2D eigenvalue weighted by molar-refractivity contribution is 0.0973. The summed E-state index contributed by atoms with van der Waals surface area (Å²) in [6, 6.07) is 7.76. The topological polar surface area (TPSA) is 15.3 Å². The molecule has 1 aliphatic carbocycles. The van der Waals surface area contributed by atoms with Crippen LogP contribution in [-0.4, -0.2) is 30.6 Å². The molecule has 2 heterocycles. The van der Waals surface area contributed by atoms with Crippen LogP contribution >= 0.6 is 0 Å². The molecule has 122 valence electrons. The highest BCUT2D eigenvalue weighted by molar-refractivity contribution is 5.61. The smallest absolute Gasteiger partial charge is 0.0379 e. The molecule has 1 unspecified atom stereocenters. The van der Waals surface area contributed by atoms with Crippen LogP contribution in [0.2, 0.25) is 0 Å². The van der Waals surface area contributed by atoms with Gasteiger partial charge in [0.25, 0.3) is 0 Å². The summed E-state index contributed by atoms with van der Waals surface area (Å²) in [6.07, 6.45) is 8.51. The van der Waals surface area contributed by atoms with Gasteiger partial charge in [0.2, 0.25) is 0 Å². The minimum Gasteiger partial charge on any atom is -0.384 e. The van der Waals surface area contributed by atoms with Gasteiger partial charge in [-0.3, -0.25) is 0 Å². The number of benzene rings is 1. The van der Waals surface area contributed by atoms with Crippen molar-refractivity contribution >= 4 is 5.69 Å². The lowest BCUT2D eigenvalue weighted by Crippen LogP contribution is -2.48. The van der Waals surface area contributed by atoms with E-state index in [1.165, 1.54) is 62.9 Å². The molecule has 2 heteroatoms. The van der Waals surface area contributed by atoms with Gasteiger partial charge in [0.05, 0.1) is 0 Å². The third-order valence-corrected chi connectivity index (χ3v) is 6.78. The Hall–Kier alpha value is -1.02. The minimum atomic E-state index is 0. The average molecular weight is 300 g/mol. The highest BCUT2D eigenvalue weighted by Crippen LogP contribution is 2.45. The third-order valence-electron chi connectivity index (χ3n) is 6.78. The van der Waals surface area contributed by atoms with Gasteiger partial charge in [-0.05, 0) is 70.2 Å². The van der Waals surface area contributed by atoms with E-state index in [0.717, 1.165) is 18.5 Å². The van der Waals surface area contributed by atoms with E-state index in [4.69, 9.17) is 0 Å². The molecule has 0 bridgehead atoms. The quantitative estimate of drug-likeness (QED) is 0.860. The first-order valence-corrected chi connectivity index (χ1v) is 9.27. The van der Waals surface area contributed by atoms with Crippen molar-refractivity contribution in [1.29, 1.82) is 0 Å². The number of nitrogens with one attached hydrogen (secondary N) is 1. The van der Waals surface area contributed by atoms with E-state index in [2.05, 4.69) is 42.3 Å². The van der Waals surface area contributed by atoms with E-state index >= 15 is 0 Å². The van der Waals surface area contributed by atoms with Crippen LogP contribution in [0.25, 0.3) is 0 Å². The first-order chi connectivity index (χ1) is 10.7. The maximum absolute atomic E-state index is 3.67. The van der Waals surface area contributed by atoms with Crippen molar-refractivity contribution in [1.82, 2.24) is 4.90 Å². The largest absolute Gasteiger partial charge is 0.384 e. The molecule has 4 rings (SSSR count). The SMILES string of the molecule is Cc1ccc2c(c1)C1(CCN(C(C)C3CCCC3)CC1)CN2.[HH]. The standard InChI is InChI=1S/C20H30N2.H2/c1-15-7-8-19-18(13-15)20(14-21-19)9-11-22(12-10-20)16(2)17-5-3-4-6-17;/h7-8,13,16-17,21H,3-6,9-12,14H2,1-2H3;1H. The highest BCUT2D eigenvalue weighted by Gasteiger charge is 2.42. The number of anilines is 1. The highest BCUT2D eigenvalue weighted by atomic mass is 15.2. The minimum absolute atomic E-state index is 0. The number of nitrogens with zero attached hydrogens (tertiary/aromatic N) is 1. The van der Waals surface area contributed by atoms with Gasteiger partial charge in [0.1, 0.15) is 0 Å². The monoisotopic (exact) mass is 300 g/mol. The first kappa shape index (κ1) is 14.6. The van der Waals surface area contributed by atoms with Crippen LogP contribution in [0.3, 0.4) is 0 Å². The zero-order valence-corrected chi connectivity index (χ0v) is 14.2. The fraction of sp³-hybridized carbons (Fsp3) is 0.700. The predicted molar refractivity (Wildman–Crippen MR) is 95.7 cm³/mol. The molecule has 22 heavy (non-hydrogen) atoms. The number of hydrogen-bond donors (Lipinski definition) is 1. The maximum Gasteiger partial charge on any atom is 0.0379 e. The van der Waals surface area contributed by atoms with E-state index in [1.807, 2.05) is 0 Å². The van der Waals surface area contributed by atoms with Crippen molar-refractivity contribution in [3.63, 3.8) is 0 Å². The molecular weight excluding hydrogens is 268 g/mol. The Labute approximate surface area is 136 Å². The third kappa shape index (κ3) is 2.36. The van der Waals surface area contributed by atoms with Crippen molar-refractivity contribution in [2.45, 2.75) is 63.8 Å². The number of aryl methyl sites for hydroxylation is 1. The zero-order valence-electron chi connectivity index (χ0n) is 14.2. The zero-order chi connectivity index (χ0) is 15.2. The molecule has 1 aromatic carbocycles. The Morgan fingerprint density at radius 3 is 2.68 bits per heavy atom. The second-order valence-electron chi connectivity index (χ2n) is 8.00. The molecule has 1 saturated heterocycles. The van der Waals surface area contributed by atoms with Gasteiger partial charge in [0, 0.05) is 25.1 Å². The summed E-state index contributed by atoms with van der Waals surface area (Å²) in [4.78, 5) is 2.79. The van der Waals surface area contributed by atoms with Gasteiger partial charge >= 0.3 is 0 Å². The summed E-state index contributed by atoms with van der Waals surface area (Å²) in [5.74, 6) is 0.963. The fourth-order valence-electron chi connectivity index (χ4n) is 5.15. The molecule has 3 aliphatic rings. The van der Waals surface area contributed by atoms with Gasteiger partial charge in [-0.2, -0.15) is 0 Å². The maximum atomic E-state index is 3.67. The van der Waals surface area contributed by atoms with Crippen LogP contribution < -0.4 is 5.32 Å². The summed E-state index contributed by atoms with van der Waals surface area (Å²) in [7, 11) is 0. The van der Waals surface area contributed by atoms with Gasteiger partial charge in [-0.1, -0.05) is 30.5 Å². The van der Waals surface area contributed by atoms with Crippen molar-refractivity contribution < 1.29 is 1.43 Å². The van der Waals surface area contributed by atoms with Gasteiger partial charge in [-0.15, -0.1) is 0 Å². The molecule has 1 atom stereocenters. The number of likely N-dealkylation sites (tertiary alicyclic amines) is 1. The second-order valence-corrected chi connectivity index (χ2v) is 8.00. The van der Waals surface area contributed by atoms with Crippen LogP contribution in [0.4, 0.5) is 5.69 Å². The number of fused-ring (bicyclic) bond motifs is 2. The molecule has 2 aliphatic heterocycles. The van der Waals surface area contributed by atoms with E-state index in [9.17, 15) is 0 Å². The average Bonchev–Trinajstić information content (AvgIpc) is 3.17. The predicted octanol–water partition coefficient (Wildman–Crippen LogP) is 4.58. The Morgan fingerprint density at radius 1 is 1.23 bits per heavy atom. The lowest BCUT2D eigenvalue weighted by atomic mass is 9.73. The number of rotatable bonds is 2. The van der Waals surface area contributed by atoms with Crippen molar-refractivity contribution in [2.24, 2.45) is 5.92 Å². The summed E-state index contributed by atoms with van der Waals surface area (Å²) >= 11 is 0. The lowest BCUT2D eigenvalue weighted by Gasteiger charge is -2.43. The van der Waals surface area contributed by atoms with E-state index in [0.29, 0.717) is 5.41 Å². The van der Waals surface area contributed by atoms with Gasteiger partial charge in [0.15, 0.2) is 0 Å². The molecule has 1 N–H and O–H groups in total. The molecule has 0 radical (unpaired) electrons. The van der Waals surface area contributed by atoms with E-state index in [-0.39, 0.29) is 1.43 Å².